The van der Waals surface area contributed by atoms with Gasteiger partial charge in [-0.3, -0.25) is 0 Å². The molecule has 0 aliphatic heterocycles. The summed E-state index contributed by atoms with van der Waals surface area (Å²) in [6, 6.07) is 9.76. The number of rotatable bonds is 3. The molecule has 0 aliphatic carbocycles. The average molecular weight is 296 g/mol. The van der Waals surface area contributed by atoms with Crippen LogP contribution >= 0.6 is 23.2 Å². The maximum atomic E-state index is 6.22. The summed E-state index contributed by atoms with van der Waals surface area (Å²) in [5.74, 6) is 0.906. The Hall–Kier alpha value is -1.45. The molecule has 0 amide bonds. The summed E-state index contributed by atoms with van der Waals surface area (Å²) in [6.07, 6.45) is 0. The first-order chi connectivity index (χ1) is 9.02. The highest BCUT2D eigenvalue weighted by Crippen LogP contribution is 2.34. The SMILES string of the molecule is CCN(c1cccc(C)c1)c1nc(N)c(Cl)cc1Cl. The van der Waals surface area contributed by atoms with Crippen molar-refractivity contribution in [3.63, 3.8) is 0 Å². The van der Waals surface area contributed by atoms with Gasteiger partial charge in [-0.1, -0.05) is 35.3 Å². The molecule has 2 aromatic rings. The second kappa shape index (κ2) is 5.68. The molecule has 1 aromatic heterocycles. The Labute approximate surface area is 123 Å². The molecular formula is C14H15Cl2N3. The minimum Gasteiger partial charge on any atom is -0.382 e. The highest BCUT2D eigenvalue weighted by atomic mass is 35.5. The van der Waals surface area contributed by atoms with Gasteiger partial charge in [-0.05, 0) is 37.6 Å². The molecule has 0 saturated carbocycles. The van der Waals surface area contributed by atoms with Gasteiger partial charge >= 0.3 is 0 Å². The summed E-state index contributed by atoms with van der Waals surface area (Å²) >= 11 is 12.1. The first-order valence-corrected chi connectivity index (χ1v) is 6.74. The number of aryl methyl sites for hydroxylation is 1. The molecule has 2 N–H and O–H groups in total. The van der Waals surface area contributed by atoms with Crippen molar-refractivity contribution in [1.82, 2.24) is 4.98 Å². The number of aromatic nitrogens is 1. The number of nitrogens with zero attached hydrogens (tertiary/aromatic N) is 2. The molecule has 3 nitrogen and oxygen atoms in total. The fourth-order valence-corrected chi connectivity index (χ4v) is 2.37. The molecule has 1 heterocycles. The molecule has 0 atom stereocenters. The fraction of sp³-hybridized carbons (Fsp3) is 0.214. The molecule has 0 aliphatic rings. The standard InChI is InChI=1S/C14H15Cl2N3/c1-3-19(10-6-4-5-9(2)7-10)14-12(16)8-11(15)13(17)18-14/h4-8H,3H2,1-2H3,(H2,17,18). The van der Waals surface area contributed by atoms with Crippen LogP contribution in [0.3, 0.4) is 0 Å². The fourth-order valence-electron chi connectivity index (χ4n) is 1.91. The number of hydrogen-bond acceptors (Lipinski definition) is 3. The van der Waals surface area contributed by atoms with E-state index in [9.17, 15) is 0 Å². The molecule has 0 spiro atoms. The zero-order valence-electron chi connectivity index (χ0n) is 10.8. The van der Waals surface area contributed by atoms with Crippen molar-refractivity contribution in [3.05, 3.63) is 45.9 Å². The Bertz CT molecular complexity index is 599. The van der Waals surface area contributed by atoms with Gasteiger partial charge in [0, 0.05) is 12.2 Å². The lowest BCUT2D eigenvalue weighted by atomic mass is 10.2. The van der Waals surface area contributed by atoms with Gasteiger partial charge < -0.3 is 10.6 Å². The van der Waals surface area contributed by atoms with Gasteiger partial charge in [0.05, 0.1) is 10.0 Å². The number of benzene rings is 1. The predicted molar refractivity (Wildman–Crippen MR) is 82.5 cm³/mol. The van der Waals surface area contributed by atoms with E-state index < -0.39 is 0 Å². The highest BCUT2D eigenvalue weighted by Gasteiger charge is 2.15. The van der Waals surface area contributed by atoms with Gasteiger partial charge in [-0.25, -0.2) is 4.98 Å². The lowest BCUT2D eigenvalue weighted by Crippen LogP contribution is -2.18. The van der Waals surface area contributed by atoms with Crippen LogP contribution in [0.15, 0.2) is 30.3 Å². The smallest absolute Gasteiger partial charge is 0.154 e. The van der Waals surface area contributed by atoms with Crippen molar-refractivity contribution in [3.8, 4) is 0 Å². The van der Waals surface area contributed by atoms with Crippen molar-refractivity contribution in [1.29, 1.82) is 0 Å². The molecule has 100 valence electrons. The number of halogens is 2. The molecule has 0 fully saturated rings. The van der Waals surface area contributed by atoms with Crippen LogP contribution in [-0.2, 0) is 0 Å². The molecule has 1 aromatic carbocycles. The topological polar surface area (TPSA) is 42.2 Å². The van der Waals surface area contributed by atoms with Gasteiger partial charge in [0.1, 0.15) is 5.82 Å². The lowest BCUT2D eigenvalue weighted by molar-refractivity contribution is 0.991. The third-order valence-corrected chi connectivity index (χ3v) is 3.40. The molecule has 0 saturated heterocycles. The quantitative estimate of drug-likeness (QED) is 0.910. The van der Waals surface area contributed by atoms with E-state index in [1.807, 2.05) is 36.9 Å². The third-order valence-electron chi connectivity index (χ3n) is 2.82. The maximum Gasteiger partial charge on any atom is 0.154 e. The van der Waals surface area contributed by atoms with E-state index in [0.717, 1.165) is 12.2 Å². The van der Waals surface area contributed by atoms with E-state index in [2.05, 4.69) is 11.1 Å². The maximum absolute atomic E-state index is 6.22. The van der Waals surface area contributed by atoms with Crippen LogP contribution in [0.5, 0.6) is 0 Å². The second-order valence-corrected chi connectivity index (χ2v) is 5.06. The molecule has 0 bridgehead atoms. The third kappa shape index (κ3) is 2.94. The molecular weight excluding hydrogens is 281 g/mol. The van der Waals surface area contributed by atoms with Gasteiger partial charge in [-0.2, -0.15) is 0 Å². The molecule has 0 radical (unpaired) electrons. The van der Waals surface area contributed by atoms with Gasteiger partial charge in [0.25, 0.3) is 0 Å². The number of pyridine rings is 1. The van der Waals surface area contributed by atoms with E-state index in [4.69, 9.17) is 28.9 Å². The van der Waals surface area contributed by atoms with E-state index in [0.29, 0.717) is 15.9 Å². The normalized spacial score (nSPS) is 10.5. The summed E-state index contributed by atoms with van der Waals surface area (Å²) < 4.78 is 0. The largest absolute Gasteiger partial charge is 0.382 e. The van der Waals surface area contributed by atoms with E-state index in [-0.39, 0.29) is 5.82 Å². The Balaban J connectivity index is 2.51. The number of nitrogens with two attached hydrogens (primary N) is 1. The van der Waals surface area contributed by atoms with E-state index in [1.54, 1.807) is 6.07 Å². The Kier molecular flexibility index (Phi) is 4.17. The lowest BCUT2D eigenvalue weighted by Gasteiger charge is -2.24. The summed E-state index contributed by atoms with van der Waals surface area (Å²) in [7, 11) is 0. The zero-order chi connectivity index (χ0) is 14.0. The summed E-state index contributed by atoms with van der Waals surface area (Å²) in [4.78, 5) is 6.29. The molecule has 2 rings (SSSR count). The highest BCUT2D eigenvalue weighted by molar-refractivity contribution is 6.37. The minimum absolute atomic E-state index is 0.284. The van der Waals surface area contributed by atoms with Crippen LogP contribution in [0.2, 0.25) is 10.0 Å². The number of hydrogen-bond donors (Lipinski definition) is 1. The van der Waals surface area contributed by atoms with Crippen LogP contribution in [0, 0.1) is 6.92 Å². The Morgan fingerprint density at radius 3 is 2.58 bits per heavy atom. The van der Waals surface area contributed by atoms with Crippen molar-refractivity contribution < 1.29 is 0 Å². The predicted octanol–water partition coefficient (Wildman–Crippen LogP) is 4.44. The summed E-state index contributed by atoms with van der Waals surface area (Å²) in [6.45, 7) is 4.81. The van der Waals surface area contributed by atoms with Crippen molar-refractivity contribution in [2.45, 2.75) is 13.8 Å². The van der Waals surface area contributed by atoms with Crippen LogP contribution in [0.25, 0.3) is 0 Å². The summed E-state index contributed by atoms with van der Waals surface area (Å²) in [5.41, 5.74) is 7.96. The van der Waals surface area contributed by atoms with Crippen LogP contribution in [-0.4, -0.2) is 11.5 Å². The van der Waals surface area contributed by atoms with E-state index >= 15 is 0 Å². The molecule has 19 heavy (non-hydrogen) atoms. The minimum atomic E-state index is 0.284. The Morgan fingerprint density at radius 2 is 1.95 bits per heavy atom. The zero-order valence-corrected chi connectivity index (χ0v) is 12.3. The number of nitrogen functional groups attached to an aromatic ring is 1. The monoisotopic (exact) mass is 295 g/mol. The van der Waals surface area contributed by atoms with Crippen molar-refractivity contribution in [2.75, 3.05) is 17.2 Å². The summed E-state index contributed by atoms with van der Waals surface area (Å²) in [5, 5.41) is 0.858. The first-order valence-electron chi connectivity index (χ1n) is 5.98. The molecule has 5 heteroatoms. The van der Waals surface area contributed by atoms with Crippen LogP contribution in [0.1, 0.15) is 12.5 Å². The average Bonchev–Trinajstić information content (AvgIpc) is 2.36. The van der Waals surface area contributed by atoms with Gasteiger partial charge in [-0.15, -0.1) is 0 Å². The van der Waals surface area contributed by atoms with Crippen molar-refractivity contribution >= 4 is 40.5 Å². The first kappa shape index (κ1) is 14.0. The van der Waals surface area contributed by atoms with Crippen LogP contribution < -0.4 is 10.6 Å². The molecule has 0 unspecified atom stereocenters. The van der Waals surface area contributed by atoms with Gasteiger partial charge in [0.15, 0.2) is 5.82 Å². The van der Waals surface area contributed by atoms with Crippen LogP contribution in [0.4, 0.5) is 17.3 Å². The van der Waals surface area contributed by atoms with E-state index in [1.165, 1.54) is 5.56 Å². The van der Waals surface area contributed by atoms with Crippen molar-refractivity contribution in [2.24, 2.45) is 0 Å². The number of anilines is 3. The van der Waals surface area contributed by atoms with Gasteiger partial charge in [0.2, 0.25) is 0 Å². The second-order valence-electron chi connectivity index (χ2n) is 4.24. The Morgan fingerprint density at radius 1 is 1.21 bits per heavy atom.